The first-order valence-corrected chi connectivity index (χ1v) is 6.52. The number of aryl methyl sites for hydroxylation is 1. The van der Waals surface area contributed by atoms with Crippen molar-refractivity contribution in [3.8, 4) is 0 Å². The molecule has 0 saturated heterocycles. The molecule has 0 aliphatic heterocycles. The number of carbonyl (C=O) groups is 1. The molecule has 2 rings (SSSR count). The third kappa shape index (κ3) is 3.43. The summed E-state index contributed by atoms with van der Waals surface area (Å²) in [6.07, 6.45) is -0.530. The summed E-state index contributed by atoms with van der Waals surface area (Å²) in [5, 5.41) is 10.7. The monoisotopic (exact) mass is 290 g/mol. The van der Waals surface area contributed by atoms with Crippen molar-refractivity contribution in [3.05, 3.63) is 11.9 Å². The number of aromatic nitrogens is 2. The third-order valence-corrected chi connectivity index (χ3v) is 3.59. The van der Waals surface area contributed by atoms with Gasteiger partial charge in [0, 0.05) is 0 Å². The zero-order chi connectivity index (χ0) is 14.8. The fraction of sp³-hybridized carbons (Fsp3) is 0.667. The van der Waals surface area contributed by atoms with Crippen LogP contribution in [0.15, 0.2) is 6.20 Å². The maximum atomic E-state index is 13.0. The Morgan fingerprint density at radius 1 is 1.45 bits per heavy atom. The topological polar surface area (TPSA) is 69.8 Å². The van der Waals surface area contributed by atoms with Crippen LogP contribution in [0, 0.1) is 12.8 Å². The Kier molecular flexibility index (Phi) is 4.20. The highest BCUT2D eigenvalue weighted by Gasteiger charge is 2.46. The van der Waals surface area contributed by atoms with Gasteiger partial charge < -0.3 is 10.6 Å². The molecule has 1 atom stereocenters. The molecule has 0 spiro atoms. The molecule has 1 unspecified atom stereocenters. The largest absolute Gasteiger partial charge is 0.408 e. The smallest absolute Gasteiger partial charge is 0.326 e. The van der Waals surface area contributed by atoms with Crippen molar-refractivity contribution in [2.45, 2.75) is 44.8 Å². The molecule has 1 aliphatic rings. The minimum absolute atomic E-state index is 0.370. The van der Waals surface area contributed by atoms with Gasteiger partial charge in [0.1, 0.15) is 6.04 Å². The molecule has 0 aromatic carbocycles. The Bertz CT molecular complexity index is 466. The summed E-state index contributed by atoms with van der Waals surface area (Å²) in [6.45, 7) is 1.67. The first kappa shape index (κ1) is 14.7. The van der Waals surface area contributed by atoms with Crippen LogP contribution in [0.1, 0.15) is 31.4 Å². The quantitative estimate of drug-likeness (QED) is 0.801. The Hall–Kier alpha value is -1.73. The second-order valence-corrected chi connectivity index (χ2v) is 5.07. The molecule has 1 heterocycles. The van der Waals surface area contributed by atoms with Gasteiger partial charge in [-0.1, -0.05) is 12.8 Å². The molecule has 3 N–H and O–H groups in total. The van der Waals surface area contributed by atoms with Gasteiger partial charge in [-0.05, 0) is 25.7 Å². The van der Waals surface area contributed by atoms with Gasteiger partial charge in [-0.15, -0.1) is 0 Å². The number of carbonyl (C=O) groups excluding carboxylic acids is 1. The minimum atomic E-state index is -4.43. The molecule has 0 bridgehead atoms. The van der Waals surface area contributed by atoms with Crippen LogP contribution in [0.5, 0.6) is 0 Å². The molecule has 1 aromatic heterocycles. The lowest BCUT2D eigenvalue weighted by Crippen LogP contribution is -2.50. The van der Waals surface area contributed by atoms with Gasteiger partial charge >= 0.3 is 12.2 Å². The van der Waals surface area contributed by atoms with Crippen LogP contribution in [-0.4, -0.2) is 28.4 Å². The average Bonchev–Trinajstić information content (AvgIpc) is 2.97. The molecule has 2 amide bonds. The summed E-state index contributed by atoms with van der Waals surface area (Å²) >= 11 is 0. The number of hydrogen-bond acceptors (Lipinski definition) is 2. The second kappa shape index (κ2) is 5.72. The van der Waals surface area contributed by atoms with Gasteiger partial charge in [0.15, 0.2) is 0 Å². The molecule has 112 valence electrons. The molecule has 20 heavy (non-hydrogen) atoms. The van der Waals surface area contributed by atoms with Gasteiger partial charge in [0.2, 0.25) is 0 Å². The first-order valence-electron chi connectivity index (χ1n) is 6.52. The van der Waals surface area contributed by atoms with Crippen molar-refractivity contribution in [2.75, 3.05) is 5.32 Å². The number of alkyl halides is 3. The van der Waals surface area contributed by atoms with Crippen LogP contribution in [0.2, 0.25) is 0 Å². The van der Waals surface area contributed by atoms with E-state index in [4.69, 9.17) is 0 Å². The van der Waals surface area contributed by atoms with Crippen molar-refractivity contribution >= 4 is 11.7 Å². The number of H-pyrrole nitrogens is 1. The molecule has 1 fully saturated rings. The molecule has 1 saturated carbocycles. The zero-order valence-corrected chi connectivity index (χ0v) is 11.0. The second-order valence-electron chi connectivity index (χ2n) is 5.07. The Morgan fingerprint density at radius 3 is 2.60 bits per heavy atom. The number of aromatic amines is 1. The summed E-state index contributed by atoms with van der Waals surface area (Å²) in [5.74, 6) is -0.536. The Morgan fingerprint density at radius 2 is 2.10 bits per heavy atom. The van der Waals surface area contributed by atoms with Crippen LogP contribution in [0.3, 0.4) is 0 Å². The number of amides is 2. The zero-order valence-electron chi connectivity index (χ0n) is 11.0. The summed E-state index contributed by atoms with van der Waals surface area (Å²) in [7, 11) is 0. The normalized spacial score (nSPS) is 18.0. The fourth-order valence-corrected chi connectivity index (χ4v) is 2.53. The van der Waals surface area contributed by atoms with Crippen LogP contribution in [0.4, 0.5) is 23.7 Å². The van der Waals surface area contributed by atoms with E-state index in [0.29, 0.717) is 24.2 Å². The summed E-state index contributed by atoms with van der Waals surface area (Å²) in [5.41, 5.74) is 0.958. The van der Waals surface area contributed by atoms with Crippen molar-refractivity contribution in [1.29, 1.82) is 0 Å². The number of halogens is 3. The van der Waals surface area contributed by atoms with Crippen LogP contribution in [-0.2, 0) is 0 Å². The number of nitrogens with zero attached hydrogens (tertiary/aromatic N) is 1. The maximum absolute atomic E-state index is 13.0. The molecular formula is C12H17F3N4O. The van der Waals surface area contributed by atoms with Crippen molar-refractivity contribution in [2.24, 2.45) is 5.92 Å². The lowest BCUT2D eigenvalue weighted by atomic mass is 9.98. The minimum Gasteiger partial charge on any atom is -0.326 e. The lowest BCUT2D eigenvalue weighted by molar-refractivity contribution is -0.164. The van der Waals surface area contributed by atoms with Crippen molar-refractivity contribution in [3.63, 3.8) is 0 Å². The predicted octanol–water partition coefficient (Wildman–Crippen LogP) is 2.96. The van der Waals surface area contributed by atoms with E-state index in [1.807, 2.05) is 5.32 Å². The van der Waals surface area contributed by atoms with E-state index in [1.54, 1.807) is 6.92 Å². The van der Waals surface area contributed by atoms with E-state index in [1.165, 1.54) is 6.20 Å². The molecular weight excluding hydrogens is 273 g/mol. The maximum Gasteiger partial charge on any atom is 0.408 e. The van der Waals surface area contributed by atoms with Gasteiger partial charge in [-0.2, -0.15) is 18.3 Å². The van der Waals surface area contributed by atoms with Gasteiger partial charge in [-0.25, -0.2) is 4.79 Å². The summed E-state index contributed by atoms with van der Waals surface area (Å²) in [4.78, 5) is 11.7. The standard InChI is InChI=1S/C12H17F3N4O/c1-7-9(6-16-19-7)17-11(20)18-10(12(13,14)15)8-4-2-3-5-8/h6,8,10H,2-5H2,1H3,(H,16,19)(H2,17,18,20). The molecule has 0 radical (unpaired) electrons. The highest BCUT2D eigenvalue weighted by Crippen LogP contribution is 2.35. The number of anilines is 1. The fourth-order valence-electron chi connectivity index (χ4n) is 2.53. The van der Waals surface area contributed by atoms with Crippen LogP contribution in [0.25, 0.3) is 0 Å². The molecule has 5 nitrogen and oxygen atoms in total. The van der Waals surface area contributed by atoms with E-state index in [9.17, 15) is 18.0 Å². The number of urea groups is 1. The van der Waals surface area contributed by atoms with Gasteiger partial charge in [0.05, 0.1) is 17.6 Å². The van der Waals surface area contributed by atoms with E-state index in [-0.39, 0.29) is 0 Å². The van der Waals surface area contributed by atoms with E-state index < -0.39 is 24.2 Å². The van der Waals surface area contributed by atoms with Crippen molar-refractivity contribution in [1.82, 2.24) is 15.5 Å². The number of hydrogen-bond donors (Lipinski definition) is 3. The molecule has 8 heteroatoms. The molecule has 1 aromatic rings. The van der Waals surface area contributed by atoms with Crippen LogP contribution < -0.4 is 10.6 Å². The SMILES string of the molecule is Cc1[nH]ncc1NC(=O)NC(C1CCCC1)C(F)(F)F. The Balaban J connectivity index is 2.00. The van der Waals surface area contributed by atoms with Crippen LogP contribution >= 0.6 is 0 Å². The third-order valence-electron chi connectivity index (χ3n) is 3.59. The van der Waals surface area contributed by atoms with E-state index in [0.717, 1.165) is 12.8 Å². The summed E-state index contributed by atoms with van der Waals surface area (Å²) < 4.78 is 39.1. The highest BCUT2D eigenvalue weighted by molar-refractivity contribution is 5.89. The molecule has 1 aliphatic carbocycles. The van der Waals surface area contributed by atoms with E-state index in [2.05, 4.69) is 15.5 Å². The average molecular weight is 290 g/mol. The first-order chi connectivity index (χ1) is 9.38. The lowest BCUT2D eigenvalue weighted by Gasteiger charge is -2.26. The number of rotatable bonds is 3. The Labute approximate surface area is 114 Å². The van der Waals surface area contributed by atoms with Gasteiger partial charge in [0.25, 0.3) is 0 Å². The van der Waals surface area contributed by atoms with E-state index >= 15 is 0 Å². The highest BCUT2D eigenvalue weighted by atomic mass is 19.4. The predicted molar refractivity (Wildman–Crippen MR) is 67.3 cm³/mol. The summed E-state index contributed by atoms with van der Waals surface area (Å²) in [6, 6.07) is -2.65. The van der Waals surface area contributed by atoms with Gasteiger partial charge in [-0.3, -0.25) is 5.10 Å². The van der Waals surface area contributed by atoms with Crippen molar-refractivity contribution < 1.29 is 18.0 Å². The number of nitrogens with one attached hydrogen (secondary N) is 3.